The number of amides is 1. The second kappa shape index (κ2) is 6.48. The van der Waals surface area contributed by atoms with Gasteiger partial charge >= 0.3 is 6.18 Å². The molecule has 20 heavy (non-hydrogen) atoms. The summed E-state index contributed by atoms with van der Waals surface area (Å²) in [4.78, 5) is 12.1. The molecule has 0 aliphatic carbocycles. The normalized spacial score (nSPS) is 10.8. The first-order chi connectivity index (χ1) is 9.26. The van der Waals surface area contributed by atoms with Crippen molar-refractivity contribution in [1.82, 2.24) is 5.32 Å². The molecule has 0 unspecified atom stereocenters. The molecule has 0 aliphatic rings. The Kier molecular flexibility index (Phi) is 5.22. The van der Waals surface area contributed by atoms with E-state index in [0.29, 0.717) is 0 Å². The lowest BCUT2D eigenvalue weighted by Crippen LogP contribution is -2.41. The fourth-order valence-electron chi connectivity index (χ4n) is 1.50. The van der Waals surface area contributed by atoms with E-state index >= 15 is 0 Å². The number of nitrogens with one attached hydrogen (secondary N) is 1. The van der Waals surface area contributed by atoms with Gasteiger partial charge in [-0.3, -0.25) is 4.79 Å². The van der Waals surface area contributed by atoms with E-state index in [1.165, 1.54) is 25.2 Å². The van der Waals surface area contributed by atoms with E-state index in [0.717, 1.165) is 4.90 Å². The summed E-state index contributed by atoms with van der Waals surface area (Å²) in [6.07, 6.45) is -4.46. The van der Waals surface area contributed by atoms with Crippen molar-refractivity contribution in [3.05, 3.63) is 28.8 Å². The van der Waals surface area contributed by atoms with Gasteiger partial charge < -0.3 is 10.2 Å². The molecule has 8 heteroatoms. The molecule has 0 saturated carbocycles. The van der Waals surface area contributed by atoms with Crippen molar-refractivity contribution in [2.75, 3.05) is 25.0 Å². The molecule has 0 aliphatic heterocycles. The Hall–Kier alpha value is -1.94. The van der Waals surface area contributed by atoms with Crippen molar-refractivity contribution in [2.45, 2.75) is 6.18 Å². The van der Waals surface area contributed by atoms with Gasteiger partial charge in [-0.15, -0.1) is 0 Å². The Morgan fingerprint density at radius 2 is 2.15 bits per heavy atom. The molecule has 108 valence electrons. The number of carbonyl (C=O) groups excluding carboxylic acids is 1. The first kappa shape index (κ1) is 16.1. The van der Waals surface area contributed by atoms with Gasteiger partial charge in [-0.2, -0.15) is 18.4 Å². The second-order valence-corrected chi connectivity index (χ2v) is 4.33. The van der Waals surface area contributed by atoms with Crippen LogP contribution in [0.3, 0.4) is 0 Å². The summed E-state index contributed by atoms with van der Waals surface area (Å²) in [5.74, 6) is -0.560. The lowest BCUT2D eigenvalue weighted by Gasteiger charge is -2.25. The van der Waals surface area contributed by atoms with E-state index in [4.69, 9.17) is 16.9 Å². The minimum atomic E-state index is -4.46. The molecular weight excluding hydrogens is 295 g/mol. The topological polar surface area (TPSA) is 56.1 Å². The molecule has 1 aromatic rings. The SMILES string of the molecule is CNC(=O)CN(CC(F)(F)F)c1ccc(C#N)c(Cl)c1. The summed E-state index contributed by atoms with van der Waals surface area (Å²) in [5, 5.41) is 11.0. The summed E-state index contributed by atoms with van der Waals surface area (Å²) in [6.45, 7) is -1.75. The quantitative estimate of drug-likeness (QED) is 0.929. The Bertz CT molecular complexity index is 540. The molecule has 0 saturated heterocycles. The molecule has 1 amide bonds. The minimum Gasteiger partial charge on any atom is -0.358 e. The number of anilines is 1. The molecule has 0 fully saturated rings. The number of nitriles is 1. The zero-order valence-corrected chi connectivity index (χ0v) is 11.2. The molecule has 0 heterocycles. The van der Waals surface area contributed by atoms with Crippen LogP contribution >= 0.6 is 11.6 Å². The molecule has 4 nitrogen and oxygen atoms in total. The first-order valence-electron chi connectivity index (χ1n) is 5.48. The van der Waals surface area contributed by atoms with Crippen LogP contribution in [0.4, 0.5) is 18.9 Å². The van der Waals surface area contributed by atoms with Crippen molar-refractivity contribution < 1.29 is 18.0 Å². The van der Waals surface area contributed by atoms with Crippen LogP contribution < -0.4 is 10.2 Å². The van der Waals surface area contributed by atoms with Gasteiger partial charge in [-0.05, 0) is 18.2 Å². The van der Waals surface area contributed by atoms with Gasteiger partial charge in [0.15, 0.2) is 0 Å². The number of rotatable bonds is 4. The summed E-state index contributed by atoms with van der Waals surface area (Å²) in [7, 11) is 1.33. The number of halogens is 4. The highest BCUT2D eigenvalue weighted by molar-refractivity contribution is 6.32. The minimum absolute atomic E-state index is 0.0362. The fourth-order valence-corrected chi connectivity index (χ4v) is 1.72. The zero-order chi connectivity index (χ0) is 15.3. The van der Waals surface area contributed by atoms with E-state index in [1.54, 1.807) is 0 Å². The Balaban J connectivity index is 3.06. The van der Waals surface area contributed by atoms with Crippen LogP contribution in [0.15, 0.2) is 18.2 Å². The number of alkyl halides is 3. The third-order valence-electron chi connectivity index (χ3n) is 2.42. The highest BCUT2D eigenvalue weighted by Gasteiger charge is 2.31. The molecule has 0 radical (unpaired) electrons. The number of likely N-dealkylation sites (N-methyl/N-ethyl adjacent to an activating group) is 1. The average Bonchev–Trinajstić information content (AvgIpc) is 2.36. The molecule has 0 bridgehead atoms. The summed E-state index contributed by atoms with van der Waals surface area (Å²) >= 11 is 5.78. The second-order valence-electron chi connectivity index (χ2n) is 3.92. The highest BCUT2D eigenvalue weighted by Crippen LogP contribution is 2.26. The predicted molar refractivity (Wildman–Crippen MR) is 68.5 cm³/mol. The monoisotopic (exact) mass is 305 g/mol. The standard InChI is InChI=1S/C12H11ClF3N3O/c1-18-11(20)6-19(7-12(14,15)16)9-3-2-8(5-17)10(13)4-9/h2-4H,6-7H2,1H3,(H,18,20). The van der Waals surface area contributed by atoms with Gasteiger partial charge in [0.05, 0.1) is 17.1 Å². The Labute approximate surface area is 118 Å². The van der Waals surface area contributed by atoms with E-state index < -0.39 is 25.2 Å². The molecule has 1 N–H and O–H groups in total. The van der Waals surface area contributed by atoms with E-state index in [1.807, 2.05) is 6.07 Å². The van der Waals surface area contributed by atoms with E-state index in [-0.39, 0.29) is 16.3 Å². The largest absolute Gasteiger partial charge is 0.405 e. The maximum atomic E-state index is 12.5. The predicted octanol–water partition coefficient (Wildman–Crippen LogP) is 2.33. The van der Waals surface area contributed by atoms with Crippen LogP contribution in [0.5, 0.6) is 0 Å². The van der Waals surface area contributed by atoms with Crippen LogP contribution in [0, 0.1) is 11.3 Å². The van der Waals surface area contributed by atoms with Gasteiger partial charge in [0, 0.05) is 12.7 Å². The summed E-state index contributed by atoms with van der Waals surface area (Å²) in [5.41, 5.74) is 0.275. The van der Waals surface area contributed by atoms with Crippen molar-refractivity contribution in [3.8, 4) is 6.07 Å². The smallest absolute Gasteiger partial charge is 0.358 e. The van der Waals surface area contributed by atoms with Crippen LogP contribution in [0.2, 0.25) is 5.02 Å². The lowest BCUT2D eigenvalue weighted by molar-refractivity contribution is -0.124. The number of hydrogen-bond acceptors (Lipinski definition) is 3. The third kappa shape index (κ3) is 4.63. The molecule has 0 spiro atoms. The number of nitrogens with zero attached hydrogens (tertiary/aromatic N) is 2. The Morgan fingerprint density at radius 1 is 1.50 bits per heavy atom. The van der Waals surface area contributed by atoms with Crippen LogP contribution in [0.1, 0.15) is 5.56 Å². The molecule has 0 aromatic heterocycles. The average molecular weight is 306 g/mol. The van der Waals surface area contributed by atoms with Crippen molar-refractivity contribution >= 4 is 23.2 Å². The van der Waals surface area contributed by atoms with Gasteiger partial charge in [0.25, 0.3) is 0 Å². The van der Waals surface area contributed by atoms with Crippen molar-refractivity contribution in [3.63, 3.8) is 0 Å². The fraction of sp³-hybridized carbons (Fsp3) is 0.333. The van der Waals surface area contributed by atoms with Crippen LogP contribution in [-0.2, 0) is 4.79 Å². The molecule has 1 rings (SSSR count). The van der Waals surface area contributed by atoms with Crippen molar-refractivity contribution in [2.24, 2.45) is 0 Å². The maximum Gasteiger partial charge on any atom is 0.405 e. The van der Waals surface area contributed by atoms with Crippen LogP contribution in [0.25, 0.3) is 0 Å². The Morgan fingerprint density at radius 3 is 2.60 bits per heavy atom. The summed E-state index contributed by atoms with van der Waals surface area (Å²) < 4.78 is 37.6. The first-order valence-corrected chi connectivity index (χ1v) is 5.86. The van der Waals surface area contributed by atoms with Gasteiger partial charge in [-0.1, -0.05) is 11.6 Å². The van der Waals surface area contributed by atoms with Crippen molar-refractivity contribution in [1.29, 1.82) is 5.26 Å². The molecular formula is C12H11ClF3N3O. The number of hydrogen-bond donors (Lipinski definition) is 1. The van der Waals surface area contributed by atoms with Gasteiger partial charge in [0.2, 0.25) is 5.91 Å². The third-order valence-corrected chi connectivity index (χ3v) is 2.73. The lowest BCUT2D eigenvalue weighted by atomic mass is 10.2. The van der Waals surface area contributed by atoms with E-state index in [9.17, 15) is 18.0 Å². The number of carbonyl (C=O) groups is 1. The highest BCUT2D eigenvalue weighted by atomic mass is 35.5. The van der Waals surface area contributed by atoms with Gasteiger partial charge in [0.1, 0.15) is 12.6 Å². The molecule has 1 aromatic carbocycles. The van der Waals surface area contributed by atoms with Crippen LogP contribution in [-0.4, -0.2) is 32.2 Å². The zero-order valence-electron chi connectivity index (χ0n) is 10.5. The number of benzene rings is 1. The maximum absolute atomic E-state index is 12.5. The van der Waals surface area contributed by atoms with E-state index in [2.05, 4.69) is 5.32 Å². The van der Waals surface area contributed by atoms with Gasteiger partial charge in [-0.25, -0.2) is 0 Å². The molecule has 0 atom stereocenters. The summed E-state index contributed by atoms with van der Waals surface area (Å²) in [6, 6.07) is 5.67.